The monoisotopic (exact) mass is 857 g/mol. The molecule has 7 rings (SSSR count). The van der Waals surface area contributed by atoms with Crippen LogP contribution in [-0.4, -0.2) is 39.5 Å². The third-order valence-electron chi connectivity index (χ3n) is 10.4. The Morgan fingerprint density at radius 2 is 1.17 bits per heavy atom. The number of Topliss-reactive ketones (excluding diaryl/α,β-unsaturated/α-hetero) is 1. The van der Waals surface area contributed by atoms with Crippen molar-refractivity contribution in [3.8, 4) is 0 Å². The first-order valence-corrected chi connectivity index (χ1v) is 22.0. The maximum atomic E-state index is 13.2. The second-order valence-corrected chi connectivity index (χ2v) is 16.1. The fraction of sp³-hybridized carbons (Fsp3) is 0.208. The normalized spacial score (nSPS) is 11.5. The number of ketones is 2. The Balaban J connectivity index is 0.000000210. The number of rotatable bonds is 16. The molecule has 0 atom stereocenters. The lowest BCUT2D eigenvalue weighted by atomic mass is 9.97. The summed E-state index contributed by atoms with van der Waals surface area (Å²) in [6.45, 7) is 10.1. The van der Waals surface area contributed by atoms with E-state index in [1.54, 1.807) is 55.1 Å². The number of hydrogen-bond acceptors (Lipinski definition) is 9. The van der Waals surface area contributed by atoms with Crippen LogP contribution >= 0.6 is 11.8 Å². The fourth-order valence-corrected chi connectivity index (χ4v) is 7.93. The van der Waals surface area contributed by atoms with Gasteiger partial charge in [0.05, 0.1) is 11.3 Å². The standard InChI is InChI=1S/C27H27NO3S.C26H24N2O3/c1-2-3-4-11-16-25(28-31-27(30)22-12-7-5-8-13-22)26(29)21-17-19-24(20-18-21)32-23-14-9-6-10-15-23;1-5-28-24-12-10-19(17(3)27-31-18(4)29)14-22(24)23-15-20(11-13-25(23)28)26(30)21-9-7-6-8-16(21)2/h5-10,12-15,17-20H,2-4,11,16H2,1H3;6-15H,5H2,1-4H3. The minimum Gasteiger partial charge on any atom is -0.341 e. The third kappa shape index (κ3) is 11.9. The van der Waals surface area contributed by atoms with Gasteiger partial charge in [-0.3, -0.25) is 9.59 Å². The van der Waals surface area contributed by atoms with Gasteiger partial charge < -0.3 is 14.2 Å². The molecule has 0 fully saturated rings. The Labute approximate surface area is 372 Å². The van der Waals surface area contributed by atoms with E-state index in [1.165, 1.54) is 6.92 Å². The SMILES string of the molecule is CCCCCCC(=NOC(=O)c1ccccc1)C(=O)c1ccc(Sc2ccccc2)cc1.CCn1c2ccc(C(=O)c3ccccc3C)cc2c2cc(C(C)=NOC(C)=O)ccc21. The molecule has 0 N–H and O–H groups in total. The van der Waals surface area contributed by atoms with Crippen molar-refractivity contribution in [2.45, 2.75) is 83.1 Å². The number of hydrogen-bond donors (Lipinski definition) is 0. The minimum atomic E-state index is -0.570. The quantitative estimate of drug-likeness (QED) is 0.0312. The van der Waals surface area contributed by atoms with Gasteiger partial charge in [-0.25, -0.2) is 9.59 Å². The van der Waals surface area contributed by atoms with E-state index in [0.29, 0.717) is 34.4 Å². The Bertz CT molecular complexity index is 2780. The molecule has 0 radical (unpaired) electrons. The molecule has 0 aliphatic heterocycles. The number of aromatic nitrogens is 1. The van der Waals surface area contributed by atoms with Crippen molar-refractivity contribution in [1.82, 2.24) is 4.57 Å². The number of carbonyl (C=O) groups is 4. The molecule has 0 aliphatic carbocycles. The zero-order valence-electron chi connectivity index (χ0n) is 36.3. The van der Waals surface area contributed by atoms with Gasteiger partial charge >= 0.3 is 11.9 Å². The van der Waals surface area contributed by atoms with Gasteiger partial charge in [-0.2, -0.15) is 0 Å². The molecule has 1 heterocycles. The highest BCUT2D eigenvalue weighted by Crippen LogP contribution is 2.32. The number of benzene rings is 6. The summed E-state index contributed by atoms with van der Waals surface area (Å²) in [6.07, 6.45) is 4.49. The van der Waals surface area contributed by atoms with Crippen LogP contribution in [0.5, 0.6) is 0 Å². The zero-order chi connectivity index (χ0) is 44.7. The number of unbranched alkanes of at least 4 members (excludes halogenated alkanes) is 3. The minimum absolute atomic E-state index is 0.0150. The average molecular weight is 858 g/mol. The van der Waals surface area contributed by atoms with E-state index in [9.17, 15) is 19.2 Å². The number of carbonyl (C=O) groups excluding carboxylic acids is 4. The first-order valence-electron chi connectivity index (χ1n) is 21.2. The molecule has 0 saturated carbocycles. The van der Waals surface area contributed by atoms with Gasteiger partial charge in [0, 0.05) is 61.8 Å². The predicted octanol–water partition coefficient (Wildman–Crippen LogP) is 12.8. The van der Waals surface area contributed by atoms with Crippen molar-refractivity contribution in [2.75, 3.05) is 0 Å². The van der Waals surface area contributed by atoms with Gasteiger partial charge in [0.15, 0.2) is 5.78 Å². The van der Waals surface area contributed by atoms with Gasteiger partial charge in [0.1, 0.15) is 5.71 Å². The summed E-state index contributed by atoms with van der Waals surface area (Å²) >= 11 is 1.64. The first-order chi connectivity index (χ1) is 30.6. The van der Waals surface area contributed by atoms with Crippen LogP contribution in [0.15, 0.2) is 166 Å². The summed E-state index contributed by atoms with van der Waals surface area (Å²) in [4.78, 5) is 61.7. The van der Waals surface area contributed by atoms with Crippen LogP contribution in [0.25, 0.3) is 21.8 Å². The van der Waals surface area contributed by atoms with E-state index in [0.717, 1.165) is 75.0 Å². The largest absolute Gasteiger partial charge is 0.365 e. The first kappa shape index (κ1) is 45.6. The Hall–Kier alpha value is -6.91. The Morgan fingerprint density at radius 1 is 0.587 bits per heavy atom. The van der Waals surface area contributed by atoms with Crippen LogP contribution in [0.4, 0.5) is 0 Å². The van der Waals surface area contributed by atoms with E-state index in [-0.39, 0.29) is 17.3 Å². The topological polar surface area (TPSA) is 116 Å². The van der Waals surface area contributed by atoms with Crippen LogP contribution in [0.2, 0.25) is 0 Å². The Kier molecular flexibility index (Phi) is 16.1. The van der Waals surface area contributed by atoms with E-state index >= 15 is 0 Å². The van der Waals surface area contributed by atoms with Crippen LogP contribution in [-0.2, 0) is 21.0 Å². The molecule has 7 aromatic rings. The summed E-state index contributed by atoms with van der Waals surface area (Å²) in [6, 6.07) is 45.8. The molecule has 10 heteroatoms. The lowest BCUT2D eigenvalue weighted by molar-refractivity contribution is -0.140. The highest BCUT2D eigenvalue weighted by Gasteiger charge is 2.18. The van der Waals surface area contributed by atoms with E-state index in [4.69, 9.17) is 9.68 Å². The van der Waals surface area contributed by atoms with Crippen molar-refractivity contribution in [3.63, 3.8) is 0 Å². The molecule has 0 aliphatic rings. The van der Waals surface area contributed by atoms with Crippen LogP contribution < -0.4 is 0 Å². The molecule has 0 spiro atoms. The Morgan fingerprint density at radius 3 is 1.81 bits per heavy atom. The third-order valence-corrected chi connectivity index (χ3v) is 11.5. The van der Waals surface area contributed by atoms with Crippen molar-refractivity contribution in [1.29, 1.82) is 0 Å². The fourth-order valence-electron chi connectivity index (χ4n) is 7.09. The van der Waals surface area contributed by atoms with Gasteiger partial charge in [-0.1, -0.05) is 115 Å². The average Bonchev–Trinajstić information content (AvgIpc) is 3.63. The van der Waals surface area contributed by atoms with Crippen molar-refractivity contribution >= 4 is 68.5 Å². The van der Waals surface area contributed by atoms with Gasteiger partial charge in [0.2, 0.25) is 5.78 Å². The second kappa shape index (κ2) is 22.3. The van der Waals surface area contributed by atoms with Gasteiger partial charge in [-0.15, -0.1) is 0 Å². The van der Waals surface area contributed by atoms with E-state index in [2.05, 4.69) is 28.7 Å². The van der Waals surface area contributed by atoms with E-state index in [1.807, 2.05) is 116 Å². The predicted molar refractivity (Wildman–Crippen MR) is 253 cm³/mol. The van der Waals surface area contributed by atoms with Crippen molar-refractivity contribution in [2.24, 2.45) is 10.3 Å². The highest BCUT2D eigenvalue weighted by atomic mass is 32.2. The van der Waals surface area contributed by atoms with Crippen LogP contribution in [0.1, 0.15) is 108 Å². The van der Waals surface area contributed by atoms with Crippen LogP contribution in [0, 0.1) is 6.92 Å². The molecular formula is C53H51N3O6S. The van der Waals surface area contributed by atoms with Gasteiger partial charge in [0.25, 0.3) is 0 Å². The number of nitrogens with zero attached hydrogens (tertiary/aromatic N) is 3. The number of aryl methyl sites for hydroxylation is 2. The maximum Gasteiger partial charge on any atom is 0.365 e. The molecule has 0 bridgehead atoms. The summed E-state index contributed by atoms with van der Waals surface area (Å²) in [5.74, 6) is -1.22. The summed E-state index contributed by atoms with van der Waals surface area (Å²) < 4.78 is 2.23. The molecule has 320 valence electrons. The molecule has 63 heavy (non-hydrogen) atoms. The smallest absolute Gasteiger partial charge is 0.341 e. The van der Waals surface area contributed by atoms with Crippen molar-refractivity contribution in [3.05, 3.63) is 179 Å². The lowest BCUT2D eigenvalue weighted by Crippen LogP contribution is -2.16. The second-order valence-electron chi connectivity index (χ2n) is 15.0. The van der Waals surface area contributed by atoms with Crippen LogP contribution in [0.3, 0.4) is 0 Å². The zero-order valence-corrected chi connectivity index (χ0v) is 37.1. The molecule has 0 unspecified atom stereocenters. The maximum absolute atomic E-state index is 13.2. The van der Waals surface area contributed by atoms with Gasteiger partial charge in [-0.05, 0) is 124 Å². The molecule has 6 aromatic carbocycles. The molecule has 0 saturated heterocycles. The lowest BCUT2D eigenvalue weighted by Gasteiger charge is -2.07. The highest BCUT2D eigenvalue weighted by molar-refractivity contribution is 7.99. The summed E-state index contributed by atoms with van der Waals surface area (Å²) in [5, 5.41) is 9.93. The van der Waals surface area contributed by atoms with E-state index < -0.39 is 11.9 Å². The molecule has 1 aromatic heterocycles. The molecule has 9 nitrogen and oxygen atoms in total. The number of fused-ring (bicyclic) bond motifs is 3. The summed E-state index contributed by atoms with van der Waals surface area (Å²) in [7, 11) is 0. The number of oxime groups is 2. The van der Waals surface area contributed by atoms with Crippen molar-refractivity contribution < 1.29 is 28.9 Å². The molecular weight excluding hydrogens is 807 g/mol. The summed E-state index contributed by atoms with van der Waals surface area (Å²) in [5.41, 5.74) is 7.17. The molecule has 0 amide bonds.